The zero-order chi connectivity index (χ0) is 13.7. The summed E-state index contributed by atoms with van der Waals surface area (Å²) in [6, 6.07) is 15.4. The Hall–Kier alpha value is -1.67. The van der Waals surface area contributed by atoms with Gasteiger partial charge in [-0.25, -0.2) is 4.39 Å². The predicted octanol–water partition coefficient (Wildman–Crippen LogP) is 4.55. The van der Waals surface area contributed by atoms with E-state index in [0.29, 0.717) is 6.04 Å². The van der Waals surface area contributed by atoms with Gasteiger partial charge in [0.15, 0.2) is 0 Å². The minimum atomic E-state index is -0.196. The van der Waals surface area contributed by atoms with E-state index in [9.17, 15) is 4.39 Å². The number of rotatable bonds is 5. The lowest BCUT2D eigenvalue weighted by Gasteiger charge is -2.14. The molecule has 0 saturated carbocycles. The van der Waals surface area contributed by atoms with Gasteiger partial charge in [-0.1, -0.05) is 37.3 Å². The fraction of sp³-hybridized carbons (Fsp3) is 0.294. The first-order chi connectivity index (χ1) is 9.20. The third-order valence-electron chi connectivity index (χ3n) is 3.26. The van der Waals surface area contributed by atoms with Gasteiger partial charge in [-0.15, -0.1) is 0 Å². The summed E-state index contributed by atoms with van der Waals surface area (Å²) in [5.74, 6) is -0.196. The van der Waals surface area contributed by atoms with Gasteiger partial charge < -0.3 is 5.32 Å². The van der Waals surface area contributed by atoms with Crippen molar-refractivity contribution in [1.29, 1.82) is 0 Å². The van der Waals surface area contributed by atoms with Crippen LogP contribution in [0.4, 0.5) is 4.39 Å². The first kappa shape index (κ1) is 13.8. The van der Waals surface area contributed by atoms with Crippen LogP contribution in [-0.2, 0) is 0 Å². The minimum Gasteiger partial charge on any atom is -0.310 e. The monoisotopic (exact) mass is 257 g/mol. The molecule has 2 aromatic carbocycles. The van der Waals surface area contributed by atoms with Crippen molar-refractivity contribution in [3.8, 4) is 11.1 Å². The smallest absolute Gasteiger partial charge is 0.123 e. The van der Waals surface area contributed by atoms with E-state index < -0.39 is 0 Å². The van der Waals surface area contributed by atoms with Gasteiger partial charge in [0.05, 0.1) is 0 Å². The van der Waals surface area contributed by atoms with Crippen LogP contribution in [0.5, 0.6) is 0 Å². The van der Waals surface area contributed by atoms with Gasteiger partial charge in [0.25, 0.3) is 0 Å². The van der Waals surface area contributed by atoms with Crippen molar-refractivity contribution in [1.82, 2.24) is 5.32 Å². The van der Waals surface area contributed by atoms with E-state index in [0.717, 1.165) is 24.1 Å². The molecular formula is C17H20FN. The summed E-state index contributed by atoms with van der Waals surface area (Å²) in [5.41, 5.74) is 3.43. The quantitative estimate of drug-likeness (QED) is 0.828. The zero-order valence-electron chi connectivity index (χ0n) is 11.5. The lowest BCUT2D eigenvalue weighted by Crippen LogP contribution is -2.19. The van der Waals surface area contributed by atoms with Crippen LogP contribution in [-0.4, -0.2) is 6.54 Å². The van der Waals surface area contributed by atoms with Crippen LogP contribution in [0.2, 0.25) is 0 Å². The van der Waals surface area contributed by atoms with Crippen LogP contribution in [0.25, 0.3) is 11.1 Å². The molecule has 0 fully saturated rings. The maximum Gasteiger partial charge on any atom is 0.123 e. The van der Waals surface area contributed by atoms with Crippen molar-refractivity contribution >= 4 is 0 Å². The molecule has 2 aromatic rings. The average molecular weight is 257 g/mol. The highest BCUT2D eigenvalue weighted by Crippen LogP contribution is 2.23. The summed E-state index contributed by atoms with van der Waals surface area (Å²) in [6.45, 7) is 5.34. The molecule has 1 atom stereocenters. The summed E-state index contributed by atoms with van der Waals surface area (Å²) in [7, 11) is 0. The Kier molecular flexibility index (Phi) is 4.69. The van der Waals surface area contributed by atoms with Crippen LogP contribution < -0.4 is 5.32 Å². The van der Waals surface area contributed by atoms with Crippen LogP contribution in [0.15, 0.2) is 48.5 Å². The predicted molar refractivity (Wildman–Crippen MR) is 78.5 cm³/mol. The number of hydrogen-bond donors (Lipinski definition) is 1. The Bertz CT molecular complexity index is 519. The van der Waals surface area contributed by atoms with Crippen molar-refractivity contribution in [2.75, 3.05) is 6.54 Å². The molecule has 2 rings (SSSR count). The minimum absolute atomic E-state index is 0.196. The third-order valence-corrected chi connectivity index (χ3v) is 3.26. The van der Waals surface area contributed by atoms with Crippen LogP contribution in [0.3, 0.4) is 0 Å². The summed E-state index contributed by atoms with van der Waals surface area (Å²) in [4.78, 5) is 0. The molecule has 19 heavy (non-hydrogen) atoms. The molecule has 0 bridgehead atoms. The molecule has 1 nitrogen and oxygen atoms in total. The highest BCUT2D eigenvalue weighted by Gasteiger charge is 2.05. The Balaban J connectivity index is 2.21. The summed E-state index contributed by atoms with van der Waals surface area (Å²) < 4.78 is 12.9. The van der Waals surface area contributed by atoms with Gasteiger partial charge in [0, 0.05) is 6.04 Å². The largest absolute Gasteiger partial charge is 0.310 e. The van der Waals surface area contributed by atoms with Crippen LogP contribution in [0, 0.1) is 5.82 Å². The molecule has 0 aromatic heterocycles. The normalized spacial score (nSPS) is 12.4. The molecule has 0 aliphatic rings. The van der Waals surface area contributed by atoms with E-state index in [4.69, 9.17) is 0 Å². The zero-order valence-corrected chi connectivity index (χ0v) is 11.5. The molecule has 0 aliphatic heterocycles. The molecule has 100 valence electrons. The fourth-order valence-corrected chi connectivity index (χ4v) is 2.11. The second kappa shape index (κ2) is 6.48. The van der Waals surface area contributed by atoms with E-state index in [1.54, 1.807) is 0 Å². The Morgan fingerprint density at radius 3 is 2.47 bits per heavy atom. The van der Waals surface area contributed by atoms with E-state index in [1.807, 2.05) is 12.1 Å². The van der Waals surface area contributed by atoms with E-state index in [-0.39, 0.29) is 5.82 Å². The van der Waals surface area contributed by atoms with Crippen molar-refractivity contribution in [3.05, 3.63) is 59.9 Å². The first-order valence-corrected chi connectivity index (χ1v) is 6.80. The van der Waals surface area contributed by atoms with Gasteiger partial charge >= 0.3 is 0 Å². The lowest BCUT2D eigenvalue weighted by atomic mass is 10.00. The number of benzene rings is 2. The molecule has 0 radical (unpaired) electrons. The Morgan fingerprint density at radius 1 is 1.05 bits per heavy atom. The van der Waals surface area contributed by atoms with Crippen molar-refractivity contribution in [3.63, 3.8) is 0 Å². The van der Waals surface area contributed by atoms with Crippen LogP contribution >= 0.6 is 0 Å². The van der Waals surface area contributed by atoms with E-state index in [2.05, 4.69) is 43.4 Å². The van der Waals surface area contributed by atoms with Gasteiger partial charge in [0.2, 0.25) is 0 Å². The van der Waals surface area contributed by atoms with Gasteiger partial charge in [-0.05, 0) is 54.8 Å². The molecule has 0 aliphatic carbocycles. The molecule has 1 N–H and O–H groups in total. The second-order valence-corrected chi connectivity index (χ2v) is 4.81. The van der Waals surface area contributed by atoms with Gasteiger partial charge in [0.1, 0.15) is 5.82 Å². The molecule has 0 saturated heterocycles. The van der Waals surface area contributed by atoms with Gasteiger partial charge in [-0.2, -0.15) is 0 Å². The average Bonchev–Trinajstić information content (AvgIpc) is 2.45. The van der Waals surface area contributed by atoms with E-state index >= 15 is 0 Å². The number of hydrogen-bond acceptors (Lipinski definition) is 1. The van der Waals surface area contributed by atoms with Crippen molar-refractivity contribution < 1.29 is 4.39 Å². The standard InChI is InChI=1S/C17H20FN/c1-3-11-19-13(2)15-5-4-6-16(12-15)14-7-9-17(18)10-8-14/h4-10,12-13,19H,3,11H2,1-2H3. The maximum atomic E-state index is 12.9. The summed E-state index contributed by atoms with van der Waals surface area (Å²) >= 11 is 0. The summed E-state index contributed by atoms with van der Waals surface area (Å²) in [6.07, 6.45) is 1.13. The SMILES string of the molecule is CCCNC(C)c1cccc(-c2ccc(F)cc2)c1. The fourth-order valence-electron chi connectivity index (χ4n) is 2.11. The molecule has 0 amide bonds. The lowest BCUT2D eigenvalue weighted by molar-refractivity contribution is 0.571. The highest BCUT2D eigenvalue weighted by molar-refractivity contribution is 5.64. The van der Waals surface area contributed by atoms with Crippen LogP contribution in [0.1, 0.15) is 31.9 Å². The number of nitrogens with one attached hydrogen (secondary N) is 1. The second-order valence-electron chi connectivity index (χ2n) is 4.81. The van der Waals surface area contributed by atoms with Gasteiger partial charge in [-0.3, -0.25) is 0 Å². The van der Waals surface area contributed by atoms with E-state index in [1.165, 1.54) is 17.7 Å². The molecule has 2 heteroatoms. The maximum absolute atomic E-state index is 12.9. The molecule has 0 spiro atoms. The molecule has 1 unspecified atom stereocenters. The molecular weight excluding hydrogens is 237 g/mol. The summed E-state index contributed by atoms with van der Waals surface area (Å²) in [5, 5.41) is 3.48. The van der Waals surface area contributed by atoms with Crippen molar-refractivity contribution in [2.24, 2.45) is 0 Å². The topological polar surface area (TPSA) is 12.0 Å². The number of halogens is 1. The highest BCUT2D eigenvalue weighted by atomic mass is 19.1. The Morgan fingerprint density at radius 2 is 1.79 bits per heavy atom. The molecule has 0 heterocycles. The Labute approximate surface area is 114 Å². The van der Waals surface area contributed by atoms with Crippen molar-refractivity contribution in [2.45, 2.75) is 26.3 Å². The third kappa shape index (κ3) is 3.65. The first-order valence-electron chi connectivity index (χ1n) is 6.80.